The zero-order valence-corrected chi connectivity index (χ0v) is 11.7. The van der Waals surface area contributed by atoms with E-state index in [9.17, 15) is 5.11 Å². The number of nitrogens with zero attached hydrogens (tertiary/aromatic N) is 1. The second-order valence-corrected chi connectivity index (χ2v) is 4.45. The Kier molecular flexibility index (Phi) is 4.96. The van der Waals surface area contributed by atoms with Gasteiger partial charge in [0.2, 0.25) is 0 Å². The molecule has 0 bridgehead atoms. The van der Waals surface area contributed by atoms with E-state index in [0.29, 0.717) is 18.5 Å². The summed E-state index contributed by atoms with van der Waals surface area (Å²) in [5.74, 6) is 1.55. The van der Waals surface area contributed by atoms with E-state index in [2.05, 4.69) is 4.98 Å². The molecular weight excluding hydrogens is 254 g/mol. The predicted octanol–water partition coefficient (Wildman–Crippen LogP) is 2.77. The topological polar surface area (TPSA) is 51.6 Å². The molecule has 0 aliphatic heterocycles. The van der Waals surface area contributed by atoms with Gasteiger partial charge in [0.05, 0.1) is 26.0 Å². The summed E-state index contributed by atoms with van der Waals surface area (Å²) in [5.41, 5.74) is 1.65. The minimum absolute atomic E-state index is 0.563. The fourth-order valence-corrected chi connectivity index (χ4v) is 2.18. The molecule has 0 aliphatic rings. The standard InChI is InChI=1S/C16H19NO3/c1-19-15-7-5-8-16(20-2)12(15)9-10-14(18)13-6-3-4-11-17-13/h3-8,11,14,18H,9-10H2,1-2H3. The fraction of sp³-hybridized carbons (Fsp3) is 0.312. The van der Waals surface area contributed by atoms with Crippen molar-refractivity contribution in [3.63, 3.8) is 0 Å². The molecule has 1 atom stereocenters. The first-order chi connectivity index (χ1) is 9.76. The lowest BCUT2D eigenvalue weighted by Crippen LogP contribution is -2.04. The number of benzene rings is 1. The molecule has 0 saturated carbocycles. The molecule has 0 fully saturated rings. The van der Waals surface area contributed by atoms with Crippen LogP contribution in [0, 0.1) is 0 Å². The molecule has 2 rings (SSSR count). The van der Waals surface area contributed by atoms with Gasteiger partial charge in [-0.1, -0.05) is 12.1 Å². The minimum Gasteiger partial charge on any atom is -0.496 e. The summed E-state index contributed by atoms with van der Waals surface area (Å²) < 4.78 is 10.7. The number of aliphatic hydroxyl groups excluding tert-OH is 1. The van der Waals surface area contributed by atoms with Crippen molar-refractivity contribution in [3.05, 3.63) is 53.9 Å². The van der Waals surface area contributed by atoms with Crippen LogP contribution in [0.1, 0.15) is 23.8 Å². The van der Waals surface area contributed by atoms with Crippen molar-refractivity contribution in [1.29, 1.82) is 0 Å². The first-order valence-corrected chi connectivity index (χ1v) is 6.55. The molecule has 2 aromatic rings. The van der Waals surface area contributed by atoms with Gasteiger partial charge in [0.15, 0.2) is 0 Å². The van der Waals surface area contributed by atoms with Crippen molar-refractivity contribution in [2.75, 3.05) is 14.2 Å². The van der Waals surface area contributed by atoms with E-state index in [1.807, 2.05) is 36.4 Å². The molecule has 106 valence electrons. The van der Waals surface area contributed by atoms with Crippen LogP contribution in [0.25, 0.3) is 0 Å². The number of aromatic nitrogens is 1. The molecule has 0 aliphatic carbocycles. The lowest BCUT2D eigenvalue weighted by atomic mass is 10.0. The molecule has 0 radical (unpaired) electrons. The largest absolute Gasteiger partial charge is 0.496 e. The molecular formula is C16H19NO3. The maximum atomic E-state index is 10.2. The summed E-state index contributed by atoms with van der Waals surface area (Å²) in [6, 6.07) is 11.2. The highest BCUT2D eigenvalue weighted by Crippen LogP contribution is 2.31. The zero-order chi connectivity index (χ0) is 14.4. The van der Waals surface area contributed by atoms with E-state index in [1.54, 1.807) is 20.4 Å². The monoisotopic (exact) mass is 273 g/mol. The van der Waals surface area contributed by atoms with Crippen LogP contribution in [0.2, 0.25) is 0 Å². The summed E-state index contributed by atoms with van der Waals surface area (Å²) >= 11 is 0. The summed E-state index contributed by atoms with van der Waals surface area (Å²) in [5, 5.41) is 10.2. The Labute approximate surface area is 119 Å². The van der Waals surface area contributed by atoms with Crippen molar-refractivity contribution >= 4 is 0 Å². The molecule has 20 heavy (non-hydrogen) atoms. The van der Waals surface area contributed by atoms with Crippen molar-refractivity contribution in [1.82, 2.24) is 4.98 Å². The summed E-state index contributed by atoms with van der Waals surface area (Å²) in [6.07, 6.45) is 2.31. The van der Waals surface area contributed by atoms with Crippen LogP contribution in [0.4, 0.5) is 0 Å². The third kappa shape index (κ3) is 3.27. The Balaban J connectivity index is 2.11. The first kappa shape index (κ1) is 14.3. The number of pyridine rings is 1. The fourth-order valence-electron chi connectivity index (χ4n) is 2.18. The highest BCUT2D eigenvalue weighted by molar-refractivity contribution is 5.44. The van der Waals surface area contributed by atoms with Crippen LogP contribution in [0.3, 0.4) is 0 Å². The van der Waals surface area contributed by atoms with Gasteiger partial charge in [-0.15, -0.1) is 0 Å². The highest BCUT2D eigenvalue weighted by atomic mass is 16.5. The van der Waals surface area contributed by atoms with Crippen LogP contribution >= 0.6 is 0 Å². The average molecular weight is 273 g/mol. The zero-order valence-electron chi connectivity index (χ0n) is 11.7. The maximum Gasteiger partial charge on any atom is 0.125 e. The van der Waals surface area contributed by atoms with Gasteiger partial charge in [-0.05, 0) is 37.1 Å². The lowest BCUT2D eigenvalue weighted by Gasteiger charge is -2.15. The lowest BCUT2D eigenvalue weighted by molar-refractivity contribution is 0.162. The smallest absolute Gasteiger partial charge is 0.125 e. The summed E-state index contributed by atoms with van der Waals surface area (Å²) in [6.45, 7) is 0. The van der Waals surface area contributed by atoms with E-state index in [4.69, 9.17) is 9.47 Å². The van der Waals surface area contributed by atoms with Gasteiger partial charge in [0.1, 0.15) is 11.5 Å². The van der Waals surface area contributed by atoms with Crippen LogP contribution in [-0.2, 0) is 6.42 Å². The number of rotatable bonds is 6. The van der Waals surface area contributed by atoms with E-state index in [0.717, 1.165) is 17.1 Å². The normalized spacial score (nSPS) is 11.9. The van der Waals surface area contributed by atoms with Gasteiger partial charge < -0.3 is 14.6 Å². The van der Waals surface area contributed by atoms with Crippen LogP contribution in [0.5, 0.6) is 11.5 Å². The maximum absolute atomic E-state index is 10.2. The molecule has 0 amide bonds. The number of aliphatic hydroxyl groups is 1. The van der Waals surface area contributed by atoms with E-state index < -0.39 is 6.10 Å². The van der Waals surface area contributed by atoms with Crippen molar-refractivity contribution in [2.45, 2.75) is 18.9 Å². The van der Waals surface area contributed by atoms with E-state index >= 15 is 0 Å². The Bertz CT molecular complexity index is 520. The number of hydrogen-bond acceptors (Lipinski definition) is 4. The average Bonchev–Trinajstić information content (AvgIpc) is 2.52. The van der Waals surface area contributed by atoms with Crippen LogP contribution in [-0.4, -0.2) is 24.3 Å². The second-order valence-electron chi connectivity index (χ2n) is 4.45. The summed E-state index contributed by atoms with van der Waals surface area (Å²) in [4.78, 5) is 4.16. The Morgan fingerprint density at radius 2 is 1.75 bits per heavy atom. The van der Waals surface area contributed by atoms with Gasteiger partial charge in [-0.25, -0.2) is 0 Å². The van der Waals surface area contributed by atoms with Gasteiger partial charge in [0, 0.05) is 11.8 Å². The number of methoxy groups -OCH3 is 2. The number of hydrogen-bond donors (Lipinski definition) is 1. The van der Waals surface area contributed by atoms with Crippen molar-refractivity contribution in [3.8, 4) is 11.5 Å². The molecule has 4 heteroatoms. The van der Waals surface area contributed by atoms with Gasteiger partial charge >= 0.3 is 0 Å². The predicted molar refractivity (Wildman–Crippen MR) is 77.1 cm³/mol. The molecule has 1 heterocycles. The first-order valence-electron chi connectivity index (χ1n) is 6.55. The minimum atomic E-state index is -0.592. The summed E-state index contributed by atoms with van der Waals surface area (Å²) in [7, 11) is 3.26. The highest BCUT2D eigenvalue weighted by Gasteiger charge is 2.14. The quantitative estimate of drug-likeness (QED) is 0.879. The van der Waals surface area contributed by atoms with E-state index in [-0.39, 0.29) is 0 Å². The number of ether oxygens (including phenoxy) is 2. The Morgan fingerprint density at radius 3 is 2.30 bits per heavy atom. The molecule has 4 nitrogen and oxygen atoms in total. The molecule has 0 saturated heterocycles. The molecule has 1 N–H and O–H groups in total. The third-order valence-corrected chi connectivity index (χ3v) is 3.23. The van der Waals surface area contributed by atoms with Crippen LogP contribution in [0.15, 0.2) is 42.6 Å². The molecule has 1 aromatic heterocycles. The Hall–Kier alpha value is -2.07. The van der Waals surface area contributed by atoms with E-state index in [1.165, 1.54) is 0 Å². The Morgan fingerprint density at radius 1 is 1.05 bits per heavy atom. The van der Waals surface area contributed by atoms with Crippen molar-refractivity contribution in [2.24, 2.45) is 0 Å². The SMILES string of the molecule is COc1cccc(OC)c1CCC(O)c1ccccn1. The van der Waals surface area contributed by atoms with Gasteiger partial charge in [-0.2, -0.15) is 0 Å². The van der Waals surface area contributed by atoms with Crippen molar-refractivity contribution < 1.29 is 14.6 Å². The second kappa shape index (κ2) is 6.91. The van der Waals surface area contributed by atoms with Gasteiger partial charge in [0.25, 0.3) is 0 Å². The van der Waals surface area contributed by atoms with Gasteiger partial charge in [-0.3, -0.25) is 4.98 Å². The third-order valence-electron chi connectivity index (χ3n) is 3.23. The molecule has 1 unspecified atom stereocenters. The van der Waals surface area contributed by atoms with Crippen LogP contribution < -0.4 is 9.47 Å². The molecule has 0 spiro atoms. The molecule has 1 aromatic carbocycles.